The minimum atomic E-state index is -4.34. The van der Waals surface area contributed by atoms with E-state index >= 15 is 0 Å². The van der Waals surface area contributed by atoms with Crippen LogP contribution in [0.25, 0.3) is 11.5 Å². The molecule has 0 saturated heterocycles. The second-order valence-electron chi connectivity index (χ2n) is 4.05. The van der Waals surface area contributed by atoms with Crippen LogP contribution in [0.2, 0.25) is 0 Å². The molecule has 102 valence electrons. The minimum absolute atomic E-state index is 0.0816. The first-order chi connectivity index (χ1) is 8.98. The van der Waals surface area contributed by atoms with E-state index < -0.39 is 12.6 Å². The van der Waals surface area contributed by atoms with Gasteiger partial charge in [0.05, 0.1) is 0 Å². The van der Waals surface area contributed by atoms with Crippen molar-refractivity contribution in [1.82, 2.24) is 10.1 Å². The molecule has 0 amide bonds. The number of nitrogens with two attached hydrogens (primary N) is 1. The van der Waals surface area contributed by atoms with Crippen molar-refractivity contribution in [3.8, 4) is 11.5 Å². The van der Waals surface area contributed by atoms with Crippen LogP contribution in [0.15, 0.2) is 28.8 Å². The number of alkyl halides is 3. The van der Waals surface area contributed by atoms with Crippen LogP contribution < -0.4 is 5.73 Å². The van der Waals surface area contributed by atoms with Crippen molar-refractivity contribution in [1.29, 1.82) is 0 Å². The van der Waals surface area contributed by atoms with Gasteiger partial charge in [-0.25, -0.2) is 0 Å². The van der Waals surface area contributed by atoms with Gasteiger partial charge in [0.1, 0.15) is 6.42 Å². The number of nitrogens with zero attached hydrogens (tertiary/aromatic N) is 2. The van der Waals surface area contributed by atoms with Gasteiger partial charge in [-0.05, 0) is 30.7 Å². The van der Waals surface area contributed by atoms with Crippen LogP contribution in [0.3, 0.4) is 0 Å². The quantitative estimate of drug-likeness (QED) is 0.927. The first-order valence-electron chi connectivity index (χ1n) is 5.66. The molecule has 19 heavy (non-hydrogen) atoms. The molecule has 0 aliphatic heterocycles. The van der Waals surface area contributed by atoms with E-state index in [0.29, 0.717) is 18.5 Å². The van der Waals surface area contributed by atoms with E-state index in [1.54, 1.807) is 18.2 Å². The molecular weight excluding hydrogens is 259 g/mol. The molecular formula is C12H12F3N3O. The Morgan fingerprint density at radius 1 is 1.26 bits per heavy atom. The molecule has 1 aromatic carbocycles. The molecule has 0 fully saturated rings. The Morgan fingerprint density at radius 3 is 2.74 bits per heavy atom. The fraction of sp³-hybridized carbons (Fsp3) is 0.333. The standard InChI is InChI=1S/C12H12F3N3O/c13-12(14,15)7-10-17-11(19-18-10)9-3-1-2-8(6-9)4-5-16/h1-3,6H,4-5,7,16H2. The molecule has 4 nitrogen and oxygen atoms in total. The second kappa shape index (κ2) is 5.40. The van der Waals surface area contributed by atoms with Gasteiger partial charge in [-0.1, -0.05) is 17.3 Å². The van der Waals surface area contributed by atoms with Crippen molar-refractivity contribution in [3.63, 3.8) is 0 Å². The van der Waals surface area contributed by atoms with Crippen LogP contribution in [0.1, 0.15) is 11.4 Å². The van der Waals surface area contributed by atoms with Crippen LogP contribution in [0, 0.1) is 0 Å². The summed E-state index contributed by atoms with van der Waals surface area (Å²) in [6.07, 6.45) is -4.86. The molecule has 0 aliphatic rings. The van der Waals surface area contributed by atoms with Crippen molar-refractivity contribution in [2.45, 2.75) is 19.0 Å². The minimum Gasteiger partial charge on any atom is -0.334 e. The number of benzene rings is 1. The first kappa shape index (κ1) is 13.5. The summed E-state index contributed by atoms with van der Waals surface area (Å²) in [5, 5.41) is 3.32. The Kier molecular flexibility index (Phi) is 3.84. The highest BCUT2D eigenvalue weighted by Crippen LogP contribution is 2.23. The Morgan fingerprint density at radius 2 is 2.05 bits per heavy atom. The third-order valence-corrected chi connectivity index (χ3v) is 2.43. The molecule has 7 heteroatoms. The predicted molar refractivity (Wildman–Crippen MR) is 62.3 cm³/mol. The molecule has 0 unspecified atom stereocenters. The maximum atomic E-state index is 12.2. The molecule has 0 aliphatic carbocycles. The molecule has 1 heterocycles. The maximum Gasteiger partial charge on any atom is 0.396 e. The highest BCUT2D eigenvalue weighted by atomic mass is 19.4. The molecule has 0 bridgehead atoms. The summed E-state index contributed by atoms with van der Waals surface area (Å²) >= 11 is 0. The third-order valence-electron chi connectivity index (χ3n) is 2.43. The number of halogens is 3. The Hall–Kier alpha value is -1.89. The monoisotopic (exact) mass is 271 g/mol. The maximum absolute atomic E-state index is 12.2. The zero-order chi connectivity index (χ0) is 13.9. The molecule has 0 radical (unpaired) electrons. The van der Waals surface area contributed by atoms with Crippen molar-refractivity contribution in [3.05, 3.63) is 35.7 Å². The fourth-order valence-corrected chi connectivity index (χ4v) is 1.65. The zero-order valence-corrected chi connectivity index (χ0v) is 9.94. The third kappa shape index (κ3) is 3.78. The number of rotatable bonds is 4. The van der Waals surface area contributed by atoms with Crippen molar-refractivity contribution >= 4 is 0 Å². The SMILES string of the molecule is NCCc1cccc(-c2nc(CC(F)(F)F)no2)c1. The lowest BCUT2D eigenvalue weighted by Gasteiger charge is -2.00. The smallest absolute Gasteiger partial charge is 0.334 e. The number of aromatic nitrogens is 2. The van der Waals surface area contributed by atoms with Gasteiger partial charge in [-0.3, -0.25) is 0 Å². The predicted octanol–water partition coefficient (Wildman–Crippen LogP) is 2.34. The summed E-state index contributed by atoms with van der Waals surface area (Å²) in [5.41, 5.74) is 7.00. The summed E-state index contributed by atoms with van der Waals surface area (Å²) in [6, 6.07) is 7.12. The lowest BCUT2D eigenvalue weighted by Crippen LogP contribution is -2.12. The Bertz CT molecular complexity index is 551. The van der Waals surface area contributed by atoms with E-state index in [1.165, 1.54) is 0 Å². The molecule has 0 saturated carbocycles. The summed E-state index contributed by atoms with van der Waals surface area (Å²) in [7, 11) is 0. The van der Waals surface area contributed by atoms with E-state index in [1.807, 2.05) is 6.07 Å². The normalized spacial score (nSPS) is 11.8. The van der Waals surface area contributed by atoms with Gasteiger partial charge in [0, 0.05) is 5.56 Å². The lowest BCUT2D eigenvalue weighted by atomic mass is 10.1. The van der Waals surface area contributed by atoms with E-state index in [0.717, 1.165) is 5.56 Å². The molecule has 1 aromatic heterocycles. The van der Waals surface area contributed by atoms with Crippen LogP contribution in [-0.2, 0) is 12.8 Å². The van der Waals surface area contributed by atoms with Gasteiger partial charge < -0.3 is 10.3 Å². The van der Waals surface area contributed by atoms with Gasteiger partial charge in [0.2, 0.25) is 0 Å². The van der Waals surface area contributed by atoms with E-state index in [-0.39, 0.29) is 11.7 Å². The summed E-state index contributed by atoms with van der Waals surface area (Å²) in [4.78, 5) is 3.74. The van der Waals surface area contributed by atoms with Crippen LogP contribution in [0.5, 0.6) is 0 Å². The van der Waals surface area contributed by atoms with Gasteiger partial charge in [0.15, 0.2) is 5.82 Å². The van der Waals surface area contributed by atoms with Gasteiger partial charge in [-0.15, -0.1) is 0 Å². The van der Waals surface area contributed by atoms with Crippen molar-refractivity contribution in [2.24, 2.45) is 5.73 Å². The topological polar surface area (TPSA) is 64.9 Å². The molecule has 2 rings (SSSR count). The van der Waals surface area contributed by atoms with Gasteiger partial charge in [0.25, 0.3) is 5.89 Å². The molecule has 0 spiro atoms. The van der Waals surface area contributed by atoms with E-state index in [4.69, 9.17) is 10.3 Å². The van der Waals surface area contributed by atoms with Gasteiger partial charge >= 0.3 is 6.18 Å². The number of hydrogen-bond donors (Lipinski definition) is 1. The molecule has 2 aromatic rings. The van der Waals surface area contributed by atoms with Crippen LogP contribution in [-0.4, -0.2) is 22.9 Å². The number of hydrogen-bond acceptors (Lipinski definition) is 4. The average Bonchev–Trinajstić information content (AvgIpc) is 2.76. The summed E-state index contributed by atoms with van der Waals surface area (Å²) < 4.78 is 41.4. The van der Waals surface area contributed by atoms with Gasteiger partial charge in [-0.2, -0.15) is 18.2 Å². The first-order valence-corrected chi connectivity index (χ1v) is 5.66. The largest absolute Gasteiger partial charge is 0.396 e. The Balaban J connectivity index is 2.20. The highest BCUT2D eigenvalue weighted by molar-refractivity contribution is 5.54. The van der Waals surface area contributed by atoms with Crippen LogP contribution >= 0.6 is 0 Å². The average molecular weight is 271 g/mol. The van der Waals surface area contributed by atoms with Crippen molar-refractivity contribution in [2.75, 3.05) is 6.54 Å². The summed E-state index contributed by atoms with van der Waals surface area (Å²) in [6.45, 7) is 0.493. The Labute approximate surface area is 107 Å². The fourth-order valence-electron chi connectivity index (χ4n) is 1.65. The second-order valence-corrected chi connectivity index (χ2v) is 4.05. The molecule has 2 N–H and O–H groups in total. The van der Waals surface area contributed by atoms with Crippen LogP contribution in [0.4, 0.5) is 13.2 Å². The van der Waals surface area contributed by atoms with E-state index in [2.05, 4.69) is 10.1 Å². The highest BCUT2D eigenvalue weighted by Gasteiger charge is 2.30. The lowest BCUT2D eigenvalue weighted by molar-refractivity contribution is -0.128. The molecule has 0 atom stereocenters. The van der Waals surface area contributed by atoms with E-state index in [9.17, 15) is 13.2 Å². The zero-order valence-electron chi connectivity index (χ0n) is 9.94. The summed E-state index contributed by atoms with van der Waals surface area (Å²) in [5.74, 6) is -0.287. The van der Waals surface area contributed by atoms with Crippen molar-refractivity contribution < 1.29 is 17.7 Å².